The molecule has 5 nitrogen and oxygen atoms in total. The van der Waals surface area contributed by atoms with E-state index in [-0.39, 0.29) is 10.6 Å². The SMILES string of the molecule is CC(C)c1cc(CNc2ccc(Cl)c(C(=O)O)c2)on1. The van der Waals surface area contributed by atoms with Crippen LogP contribution < -0.4 is 5.32 Å². The lowest BCUT2D eigenvalue weighted by molar-refractivity contribution is 0.0697. The van der Waals surface area contributed by atoms with Crippen molar-refractivity contribution in [2.45, 2.75) is 26.3 Å². The van der Waals surface area contributed by atoms with Crippen molar-refractivity contribution in [1.29, 1.82) is 0 Å². The number of nitrogens with zero attached hydrogens (tertiary/aromatic N) is 1. The Morgan fingerprint density at radius 3 is 2.80 bits per heavy atom. The molecule has 0 spiro atoms. The predicted octanol–water partition coefficient (Wildman–Crippen LogP) is 3.76. The number of carboxylic acids is 1. The number of hydrogen-bond acceptors (Lipinski definition) is 4. The topological polar surface area (TPSA) is 75.4 Å². The first-order chi connectivity index (χ1) is 9.47. The van der Waals surface area contributed by atoms with Crippen LogP contribution in [0.25, 0.3) is 0 Å². The van der Waals surface area contributed by atoms with Crippen molar-refractivity contribution in [2.75, 3.05) is 5.32 Å². The number of carboxylic acid groups (broad SMARTS) is 1. The van der Waals surface area contributed by atoms with Crippen LogP contribution in [0.4, 0.5) is 5.69 Å². The van der Waals surface area contributed by atoms with Crippen molar-refractivity contribution in [3.05, 3.63) is 46.3 Å². The number of aromatic carboxylic acids is 1. The van der Waals surface area contributed by atoms with Crippen LogP contribution >= 0.6 is 11.6 Å². The van der Waals surface area contributed by atoms with Gasteiger partial charge >= 0.3 is 5.97 Å². The van der Waals surface area contributed by atoms with Crippen LogP contribution in [0.1, 0.15) is 41.6 Å². The van der Waals surface area contributed by atoms with Crippen LogP contribution in [0.5, 0.6) is 0 Å². The van der Waals surface area contributed by atoms with Crippen LogP contribution in [0.3, 0.4) is 0 Å². The Bertz CT molecular complexity index is 623. The number of anilines is 1. The fourth-order valence-electron chi connectivity index (χ4n) is 1.67. The van der Waals surface area contributed by atoms with Gasteiger partial charge < -0.3 is 14.9 Å². The number of aromatic nitrogens is 1. The fraction of sp³-hybridized carbons (Fsp3) is 0.286. The smallest absolute Gasteiger partial charge is 0.337 e. The van der Waals surface area contributed by atoms with Crippen LogP contribution in [-0.2, 0) is 6.54 Å². The minimum atomic E-state index is -1.06. The van der Waals surface area contributed by atoms with Crippen molar-refractivity contribution in [1.82, 2.24) is 5.16 Å². The van der Waals surface area contributed by atoms with Crippen LogP contribution in [0.2, 0.25) is 5.02 Å². The highest BCUT2D eigenvalue weighted by atomic mass is 35.5. The molecule has 1 aromatic carbocycles. The van der Waals surface area contributed by atoms with Gasteiger partial charge in [-0.15, -0.1) is 0 Å². The highest BCUT2D eigenvalue weighted by molar-refractivity contribution is 6.33. The van der Waals surface area contributed by atoms with E-state index in [1.54, 1.807) is 12.1 Å². The van der Waals surface area contributed by atoms with Gasteiger partial charge in [-0.3, -0.25) is 0 Å². The van der Waals surface area contributed by atoms with Gasteiger partial charge in [0.25, 0.3) is 0 Å². The molecule has 0 fully saturated rings. The molecule has 0 aliphatic heterocycles. The van der Waals surface area contributed by atoms with Crippen molar-refractivity contribution in [2.24, 2.45) is 0 Å². The summed E-state index contributed by atoms with van der Waals surface area (Å²) in [7, 11) is 0. The van der Waals surface area contributed by atoms with E-state index in [9.17, 15) is 4.79 Å². The molecule has 1 aromatic heterocycles. The first-order valence-corrected chi connectivity index (χ1v) is 6.57. The first-order valence-electron chi connectivity index (χ1n) is 6.19. The van der Waals surface area contributed by atoms with Gasteiger partial charge in [0.15, 0.2) is 5.76 Å². The molecular formula is C14H15ClN2O3. The van der Waals surface area contributed by atoms with Crippen LogP contribution in [0.15, 0.2) is 28.8 Å². The lowest BCUT2D eigenvalue weighted by Crippen LogP contribution is -2.02. The summed E-state index contributed by atoms with van der Waals surface area (Å²) < 4.78 is 5.19. The summed E-state index contributed by atoms with van der Waals surface area (Å²) in [6.07, 6.45) is 0. The fourth-order valence-corrected chi connectivity index (χ4v) is 1.87. The van der Waals surface area contributed by atoms with Crippen molar-refractivity contribution >= 4 is 23.3 Å². The largest absolute Gasteiger partial charge is 0.478 e. The van der Waals surface area contributed by atoms with Gasteiger partial charge in [0.1, 0.15) is 0 Å². The third-order valence-corrected chi connectivity index (χ3v) is 3.16. The van der Waals surface area contributed by atoms with E-state index in [4.69, 9.17) is 21.2 Å². The van der Waals surface area contributed by atoms with Crippen molar-refractivity contribution in [3.63, 3.8) is 0 Å². The summed E-state index contributed by atoms with van der Waals surface area (Å²) in [6, 6.07) is 6.64. The van der Waals surface area contributed by atoms with E-state index in [1.807, 2.05) is 19.9 Å². The molecule has 2 rings (SSSR count). The summed E-state index contributed by atoms with van der Waals surface area (Å²) in [5.41, 5.74) is 1.62. The molecule has 0 saturated heterocycles. The third kappa shape index (κ3) is 3.30. The number of rotatable bonds is 5. The maximum atomic E-state index is 11.0. The molecule has 2 aromatic rings. The minimum absolute atomic E-state index is 0.0668. The number of hydrogen-bond donors (Lipinski definition) is 2. The average Bonchev–Trinajstić information content (AvgIpc) is 2.86. The van der Waals surface area contributed by atoms with Crippen molar-refractivity contribution in [3.8, 4) is 0 Å². The Hall–Kier alpha value is -2.01. The summed E-state index contributed by atoms with van der Waals surface area (Å²) in [5, 5.41) is 16.2. The minimum Gasteiger partial charge on any atom is -0.478 e. The van der Waals surface area contributed by atoms with E-state index in [1.165, 1.54) is 6.07 Å². The van der Waals surface area contributed by atoms with Gasteiger partial charge in [0.2, 0.25) is 0 Å². The van der Waals surface area contributed by atoms with E-state index < -0.39 is 5.97 Å². The molecule has 6 heteroatoms. The summed E-state index contributed by atoms with van der Waals surface area (Å²) in [4.78, 5) is 11.0. The maximum Gasteiger partial charge on any atom is 0.337 e. The Morgan fingerprint density at radius 1 is 1.45 bits per heavy atom. The van der Waals surface area contributed by atoms with E-state index in [2.05, 4.69) is 10.5 Å². The standard InChI is InChI=1S/C14H15ClN2O3/c1-8(2)13-6-10(20-17-13)7-16-9-3-4-12(15)11(5-9)14(18)19/h3-6,8,16H,7H2,1-2H3,(H,18,19). The highest BCUT2D eigenvalue weighted by Gasteiger charge is 2.10. The van der Waals surface area contributed by atoms with Gasteiger partial charge in [-0.25, -0.2) is 4.79 Å². The number of halogens is 1. The van der Waals surface area contributed by atoms with Gasteiger partial charge in [0.05, 0.1) is 22.8 Å². The molecule has 106 valence electrons. The second kappa shape index (κ2) is 5.96. The zero-order valence-electron chi connectivity index (χ0n) is 11.2. The second-order valence-electron chi connectivity index (χ2n) is 4.73. The maximum absolute atomic E-state index is 11.0. The predicted molar refractivity (Wildman–Crippen MR) is 76.3 cm³/mol. The lowest BCUT2D eigenvalue weighted by Gasteiger charge is -2.06. The average molecular weight is 295 g/mol. The molecule has 20 heavy (non-hydrogen) atoms. The summed E-state index contributed by atoms with van der Waals surface area (Å²) in [6.45, 7) is 4.50. The van der Waals surface area contributed by atoms with E-state index in [0.717, 1.165) is 5.69 Å². The normalized spacial score (nSPS) is 10.8. The zero-order valence-corrected chi connectivity index (χ0v) is 11.9. The van der Waals surface area contributed by atoms with Crippen LogP contribution in [-0.4, -0.2) is 16.2 Å². The third-order valence-electron chi connectivity index (χ3n) is 2.83. The van der Waals surface area contributed by atoms with Crippen LogP contribution in [0, 0.1) is 0 Å². The molecule has 0 radical (unpaired) electrons. The molecule has 0 aliphatic carbocycles. The van der Waals surface area contributed by atoms with Crippen molar-refractivity contribution < 1.29 is 14.4 Å². The van der Waals surface area contributed by atoms with Gasteiger partial charge in [-0.2, -0.15) is 0 Å². The Labute approximate surface area is 121 Å². The summed E-state index contributed by atoms with van der Waals surface area (Å²) >= 11 is 5.81. The second-order valence-corrected chi connectivity index (χ2v) is 5.13. The van der Waals surface area contributed by atoms with Gasteiger partial charge in [0, 0.05) is 11.8 Å². The highest BCUT2D eigenvalue weighted by Crippen LogP contribution is 2.21. The molecule has 0 bridgehead atoms. The molecule has 0 atom stereocenters. The number of carbonyl (C=O) groups is 1. The van der Waals surface area contributed by atoms with E-state index >= 15 is 0 Å². The Kier molecular flexibility index (Phi) is 4.29. The molecule has 0 unspecified atom stereocenters. The molecule has 2 N–H and O–H groups in total. The number of benzene rings is 1. The van der Waals surface area contributed by atoms with Gasteiger partial charge in [-0.05, 0) is 24.1 Å². The lowest BCUT2D eigenvalue weighted by atomic mass is 10.1. The molecule has 1 heterocycles. The van der Waals surface area contributed by atoms with E-state index in [0.29, 0.717) is 23.9 Å². The summed E-state index contributed by atoms with van der Waals surface area (Å²) in [5.74, 6) is -0.0532. The zero-order chi connectivity index (χ0) is 14.7. The first kappa shape index (κ1) is 14.4. The molecule has 0 amide bonds. The Morgan fingerprint density at radius 2 is 2.20 bits per heavy atom. The molecule has 0 saturated carbocycles. The molecular weight excluding hydrogens is 280 g/mol. The quantitative estimate of drug-likeness (QED) is 0.878. The Balaban J connectivity index is 2.06. The monoisotopic (exact) mass is 294 g/mol. The molecule has 0 aliphatic rings. The van der Waals surface area contributed by atoms with Gasteiger partial charge in [-0.1, -0.05) is 30.6 Å². The number of nitrogens with one attached hydrogen (secondary N) is 1.